The Bertz CT molecular complexity index is 1270. The predicted octanol–water partition coefficient (Wildman–Crippen LogP) is 2.78. The molecule has 1 fully saturated rings. The summed E-state index contributed by atoms with van der Waals surface area (Å²) in [6, 6.07) is 15.5. The van der Waals surface area contributed by atoms with Gasteiger partial charge in [-0.2, -0.15) is 4.98 Å². The van der Waals surface area contributed by atoms with Gasteiger partial charge in [0.05, 0.1) is 24.9 Å². The van der Waals surface area contributed by atoms with E-state index in [4.69, 9.17) is 9.47 Å². The van der Waals surface area contributed by atoms with Crippen LogP contribution in [-0.4, -0.2) is 65.7 Å². The molecule has 1 aliphatic heterocycles. The molecule has 0 spiro atoms. The number of H-pyrrole nitrogens is 1. The molecule has 0 atom stereocenters. The predicted molar refractivity (Wildman–Crippen MR) is 125 cm³/mol. The highest BCUT2D eigenvalue weighted by Gasteiger charge is 2.19. The average molecular weight is 434 g/mol. The van der Waals surface area contributed by atoms with Gasteiger partial charge in [-0.25, -0.2) is 0 Å². The minimum atomic E-state index is -0.122. The normalized spacial score (nSPS) is 14.8. The van der Waals surface area contributed by atoms with E-state index in [1.165, 1.54) is 5.69 Å². The first-order valence-electron chi connectivity index (χ1n) is 11.0. The summed E-state index contributed by atoms with van der Waals surface area (Å²) in [5, 5.41) is 0. The van der Waals surface area contributed by atoms with Crippen LogP contribution in [0.25, 0.3) is 16.7 Å². The number of pyridine rings is 1. The number of rotatable bonds is 7. The zero-order chi connectivity index (χ0) is 21.9. The Hall–Kier alpha value is -3.52. The molecule has 0 unspecified atom stereocenters. The van der Waals surface area contributed by atoms with E-state index >= 15 is 0 Å². The summed E-state index contributed by atoms with van der Waals surface area (Å²) in [4.78, 5) is 24.4. The lowest BCUT2D eigenvalue weighted by atomic mass is 10.2. The van der Waals surface area contributed by atoms with Crippen molar-refractivity contribution in [2.45, 2.75) is 6.42 Å². The molecule has 1 aromatic carbocycles. The van der Waals surface area contributed by atoms with Crippen molar-refractivity contribution in [2.75, 3.05) is 51.3 Å². The van der Waals surface area contributed by atoms with Crippen LogP contribution >= 0.6 is 0 Å². The summed E-state index contributed by atoms with van der Waals surface area (Å²) < 4.78 is 13.2. The van der Waals surface area contributed by atoms with Crippen molar-refractivity contribution in [3.8, 4) is 11.6 Å². The quantitative estimate of drug-likeness (QED) is 0.452. The van der Waals surface area contributed by atoms with Gasteiger partial charge >= 0.3 is 0 Å². The van der Waals surface area contributed by atoms with Crippen molar-refractivity contribution in [2.24, 2.45) is 0 Å². The van der Waals surface area contributed by atoms with Gasteiger partial charge < -0.3 is 19.4 Å². The molecule has 0 amide bonds. The summed E-state index contributed by atoms with van der Waals surface area (Å²) in [5.41, 5.74) is 3.00. The molecule has 0 radical (unpaired) electrons. The second-order valence-electron chi connectivity index (χ2n) is 7.94. The summed E-state index contributed by atoms with van der Waals surface area (Å²) in [7, 11) is 1.72. The maximum Gasteiger partial charge on any atom is 0.272 e. The molecule has 1 N–H and O–H groups in total. The van der Waals surface area contributed by atoms with Gasteiger partial charge in [0.2, 0.25) is 5.88 Å². The Morgan fingerprint density at radius 3 is 2.72 bits per heavy atom. The van der Waals surface area contributed by atoms with E-state index in [9.17, 15) is 4.79 Å². The lowest BCUT2D eigenvalue weighted by Crippen LogP contribution is -2.46. The van der Waals surface area contributed by atoms with Crippen molar-refractivity contribution in [3.05, 3.63) is 65.1 Å². The fourth-order valence-corrected chi connectivity index (χ4v) is 4.30. The third-order valence-electron chi connectivity index (χ3n) is 5.97. The number of benzene rings is 1. The Morgan fingerprint density at radius 2 is 1.88 bits per heavy atom. The monoisotopic (exact) mass is 433 g/mol. The second kappa shape index (κ2) is 8.92. The van der Waals surface area contributed by atoms with Crippen LogP contribution < -0.4 is 19.9 Å². The van der Waals surface area contributed by atoms with Gasteiger partial charge in [-0.3, -0.25) is 14.1 Å². The molecule has 0 aliphatic carbocycles. The van der Waals surface area contributed by atoms with Crippen molar-refractivity contribution < 1.29 is 9.47 Å². The van der Waals surface area contributed by atoms with Crippen LogP contribution in [0.2, 0.25) is 0 Å². The molecular formula is C24H27N5O3. The number of aromatic nitrogens is 3. The van der Waals surface area contributed by atoms with Crippen LogP contribution in [0.4, 0.5) is 5.69 Å². The maximum atomic E-state index is 12.1. The lowest BCUT2D eigenvalue weighted by Gasteiger charge is -2.36. The summed E-state index contributed by atoms with van der Waals surface area (Å²) in [6.07, 6.45) is 2.77. The molecular weight excluding hydrogens is 406 g/mol. The maximum absolute atomic E-state index is 12.1. The van der Waals surface area contributed by atoms with E-state index in [2.05, 4.69) is 31.9 Å². The number of fused-ring (bicyclic) bond motifs is 3. The number of piperazine rings is 1. The Kier molecular flexibility index (Phi) is 5.68. The molecule has 5 rings (SSSR count). The van der Waals surface area contributed by atoms with Gasteiger partial charge in [-0.05, 0) is 36.8 Å². The topological polar surface area (TPSA) is 75.1 Å². The van der Waals surface area contributed by atoms with Crippen molar-refractivity contribution >= 4 is 22.4 Å². The highest BCUT2D eigenvalue weighted by atomic mass is 16.5. The average Bonchev–Trinajstić information content (AvgIpc) is 3.34. The van der Waals surface area contributed by atoms with Gasteiger partial charge in [-0.1, -0.05) is 12.1 Å². The van der Waals surface area contributed by atoms with E-state index in [0.29, 0.717) is 29.2 Å². The van der Waals surface area contributed by atoms with Crippen LogP contribution in [0.5, 0.6) is 11.6 Å². The van der Waals surface area contributed by atoms with Crippen LogP contribution in [0.15, 0.2) is 59.5 Å². The van der Waals surface area contributed by atoms with Crippen molar-refractivity contribution in [1.82, 2.24) is 19.3 Å². The molecule has 4 heterocycles. The summed E-state index contributed by atoms with van der Waals surface area (Å²) in [5.74, 6) is 1.50. The van der Waals surface area contributed by atoms with Crippen LogP contribution in [-0.2, 0) is 0 Å². The van der Waals surface area contributed by atoms with Crippen LogP contribution in [0.1, 0.15) is 6.42 Å². The number of nitrogens with zero attached hydrogens (tertiary/aromatic N) is 4. The number of anilines is 1. The number of nitrogens with one attached hydrogen (secondary N) is 1. The van der Waals surface area contributed by atoms with Crippen molar-refractivity contribution in [1.29, 1.82) is 0 Å². The minimum absolute atomic E-state index is 0.122. The molecule has 8 heteroatoms. The van der Waals surface area contributed by atoms with Gasteiger partial charge in [0.1, 0.15) is 11.3 Å². The Balaban J connectivity index is 1.13. The van der Waals surface area contributed by atoms with E-state index in [1.807, 2.05) is 30.5 Å². The highest BCUT2D eigenvalue weighted by Crippen LogP contribution is 2.28. The number of hydrogen-bond acceptors (Lipinski definition) is 6. The zero-order valence-corrected chi connectivity index (χ0v) is 18.2. The molecule has 3 aromatic heterocycles. The highest BCUT2D eigenvalue weighted by molar-refractivity contribution is 5.74. The van der Waals surface area contributed by atoms with Gasteiger partial charge in [0.15, 0.2) is 5.65 Å². The molecule has 0 bridgehead atoms. The molecule has 0 saturated carbocycles. The van der Waals surface area contributed by atoms with Gasteiger partial charge in [0, 0.05) is 45.0 Å². The first-order chi connectivity index (χ1) is 15.7. The third-order valence-corrected chi connectivity index (χ3v) is 5.97. The van der Waals surface area contributed by atoms with Gasteiger partial charge in [0.25, 0.3) is 5.56 Å². The van der Waals surface area contributed by atoms with Crippen LogP contribution in [0, 0.1) is 0 Å². The molecule has 32 heavy (non-hydrogen) atoms. The molecule has 1 saturated heterocycles. The van der Waals surface area contributed by atoms with Crippen molar-refractivity contribution in [3.63, 3.8) is 0 Å². The molecule has 4 aromatic rings. The summed E-state index contributed by atoms with van der Waals surface area (Å²) in [6.45, 7) is 5.60. The number of hydrogen-bond donors (Lipinski definition) is 1. The Labute approximate surface area is 186 Å². The van der Waals surface area contributed by atoms with E-state index in [-0.39, 0.29) is 5.56 Å². The largest absolute Gasteiger partial charge is 0.495 e. The lowest BCUT2D eigenvalue weighted by molar-refractivity contribution is 0.221. The van der Waals surface area contributed by atoms with Crippen LogP contribution in [0.3, 0.4) is 0 Å². The third kappa shape index (κ3) is 4.01. The first-order valence-corrected chi connectivity index (χ1v) is 11.0. The van der Waals surface area contributed by atoms with Gasteiger partial charge in [-0.15, -0.1) is 0 Å². The van der Waals surface area contributed by atoms with E-state index in [1.54, 1.807) is 23.6 Å². The molecule has 8 nitrogen and oxygen atoms in total. The standard InChI is InChI=1S/C24H27N5O3/c1-31-21-8-3-2-6-19(21)28-15-13-27(14-16-28)11-5-17-32-22-10-9-18-23(26-22)29-12-4-7-20(29)24(30)25-18/h2-4,6-10,12H,5,11,13-17H2,1H3,(H,25,30). The number of ether oxygens (including phenoxy) is 2. The SMILES string of the molecule is COc1ccccc1N1CCN(CCCOc2ccc3[nH]c(=O)c4cccn4c3n2)CC1. The fraction of sp³-hybridized carbons (Fsp3) is 0.333. The zero-order valence-electron chi connectivity index (χ0n) is 18.2. The molecule has 166 valence electrons. The fourth-order valence-electron chi connectivity index (χ4n) is 4.30. The smallest absolute Gasteiger partial charge is 0.272 e. The summed E-state index contributed by atoms with van der Waals surface area (Å²) >= 11 is 0. The number of para-hydroxylation sites is 2. The minimum Gasteiger partial charge on any atom is -0.495 e. The number of methoxy groups -OCH3 is 1. The van der Waals surface area contributed by atoms with E-state index < -0.39 is 0 Å². The Morgan fingerprint density at radius 1 is 1.03 bits per heavy atom. The first kappa shape index (κ1) is 20.4. The molecule has 1 aliphatic rings. The second-order valence-corrected chi connectivity index (χ2v) is 7.94. The van der Waals surface area contributed by atoms with E-state index in [0.717, 1.165) is 44.9 Å². The number of aromatic amines is 1.